The van der Waals surface area contributed by atoms with Gasteiger partial charge in [-0.05, 0) is 36.3 Å². The molecule has 0 spiro atoms. The predicted octanol–water partition coefficient (Wildman–Crippen LogP) is 3.44. The fourth-order valence-corrected chi connectivity index (χ4v) is 2.52. The van der Waals surface area contributed by atoms with Gasteiger partial charge in [-0.25, -0.2) is 0 Å². The molecular formula is C15H25NOS. The number of aliphatic hydroxyl groups excluding tert-OH is 1. The van der Waals surface area contributed by atoms with Gasteiger partial charge >= 0.3 is 0 Å². The molecule has 0 aromatic heterocycles. The fourth-order valence-electron chi connectivity index (χ4n) is 1.61. The Kier molecular flexibility index (Phi) is 8.14. The lowest BCUT2D eigenvalue weighted by Crippen LogP contribution is -2.21. The van der Waals surface area contributed by atoms with Gasteiger partial charge < -0.3 is 10.4 Å². The molecule has 0 saturated heterocycles. The van der Waals surface area contributed by atoms with E-state index in [1.54, 1.807) is 0 Å². The fraction of sp³-hybridized carbons (Fsp3) is 0.600. The highest BCUT2D eigenvalue weighted by Gasteiger charge is 1.97. The van der Waals surface area contributed by atoms with Crippen molar-refractivity contribution in [1.29, 1.82) is 0 Å². The van der Waals surface area contributed by atoms with E-state index in [9.17, 15) is 0 Å². The van der Waals surface area contributed by atoms with Crippen LogP contribution >= 0.6 is 11.8 Å². The number of thioether (sulfide) groups is 1. The molecule has 0 aliphatic carbocycles. The summed E-state index contributed by atoms with van der Waals surface area (Å²) in [4.78, 5) is 1.34. The highest BCUT2D eigenvalue weighted by Crippen LogP contribution is 2.20. The third kappa shape index (κ3) is 7.04. The van der Waals surface area contributed by atoms with Crippen molar-refractivity contribution < 1.29 is 5.11 Å². The second-order valence-electron chi connectivity index (χ2n) is 4.81. The summed E-state index contributed by atoms with van der Waals surface area (Å²) in [6.45, 7) is 5.59. The van der Waals surface area contributed by atoms with E-state index in [1.807, 2.05) is 11.8 Å². The third-order valence-electron chi connectivity index (χ3n) is 2.71. The first kappa shape index (κ1) is 15.5. The zero-order valence-electron chi connectivity index (χ0n) is 11.5. The molecule has 0 saturated carbocycles. The van der Waals surface area contributed by atoms with Crippen molar-refractivity contribution in [3.05, 3.63) is 29.8 Å². The van der Waals surface area contributed by atoms with Gasteiger partial charge in [0.25, 0.3) is 0 Å². The molecule has 0 radical (unpaired) electrons. The van der Waals surface area contributed by atoms with E-state index in [1.165, 1.54) is 16.9 Å². The van der Waals surface area contributed by atoms with E-state index in [0.29, 0.717) is 12.6 Å². The zero-order valence-corrected chi connectivity index (χ0v) is 12.3. The van der Waals surface area contributed by atoms with Crippen LogP contribution in [0.5, 0.6) is 0 Å². The molecule has 3 heteroatoms. The second-order valence-corrected chi connectivity index (χ2v) is 5.98. The average Bonchev–Trinajstić information content (AvgIpc) is 2.37. The molecule has 0 unspecified atom stereocenters. The maximum absolute atomic E-state index is 8.69. The van der Waals surface area contributed by atoms with Gasteiger partial charge in [-0.1, -0.05) is 32.4 Å². The zero-order chi connectivity index (χ0) is 13.2. The van der Waals surface area contributed by atoms with Crippen molar-refractivity contribution in [2.45, 2.75) is 50.6 Å². The smallest absolute Gasteiger partial charge is 0.0431 e. The molecule has 1 aromatic carbocycles. The van der Waals surface area contributed by atoms with Gasteiger partial charge in [0.15, 0.2) is 0 Å². The summed E-state index contributed by atoms with van der Waals surface area (Å²) in [5, 5.41) is 12.1. The Bertz CT molecular complexity index is 311. The predicted molar refractivity (Wildman–Crippen MR) is 80.1 cm³/mol. The Morgan fingerprint density at radius 2 is 1.83 bits per heavy atom. The standard InChI is InChI=1S/C15H25NOS/c1-13(2)16-12-14-6-8-15(9-7-14)18-11-5-3-4-10-17/h6-9,13,16-17H,3-5,10-12H2,1-2H3. The SMILES string of the molecule is CC(C)NCc1ccc(SCCCCCO)cc1. The molecule has 0 aliphatic heterocycles. The molecule has 102 valence electrons. The van der Waals surface area contributed by atoms with E-state index < -0.39 is 0 Å². The Hall–Kier alpha value is -0.510. The summed E-state index contributed by atoms with van der Waals surface area (Å²) >= 11 is 1.90. The number of hydrogen-bond acceptors (Lipinski definition) is 3. The number of benzene rings is 1. The van der Waals surface area contributed by atoms with Crippen LogP contribution in [0.3, 0.4) is 0 Å². The minimum atomic E-state index is 0.322. The number of unbranched alkanes of at least 4 members (excludes halogenated alkanes) is 2. The molecule has 1 aromatic rings. The highest BCUT2D eigenvalue weighted by atomic mass is 32.2. The summed E-state index contributed by atoms with van der Waals surface area (Å²) in [6, 6.07) is 9.34. The van der Waals surface area contributed by atoms with Gasteiger partial charge in [0.2, 0.25) is 0 Å². The van der Waals surface area contributed by atoms with Crippen LogP contribution in [0.4, 0.5) is 0 Å². The van der Waals surface area contributed by atoms with Gasteiger partial charge in [0.05, 0.1) is 0 Å². The summed E-state index contributed by atoms with van der Waals surface area (Å²) in [6.07, 6.45) is 3.24. The molecule has 18 heavy (non-hydrogen) atoms. The van der Waals surface area contributed by atoms with Crippen LogP contribution in [0.25, 0.3) is 0 Å². The number of nitrogens with one attached hydrogen (secondary N) is 1. The van der Waals surface area contributed by atoms with Gasteiger partial charge in [0, 0.05) is 24.1 Å². The largest absolute Gasteiger partial charge is 0.396 e. The summed E-state index contributed by atoms with van der Waals surface area (Å²) in [5.74, 6) is 1.14. The van der Waals surface area contributed by atoms with E-state index in [2.05, 4.69) is 43.4 Å². The molecule has 2 nitrogen and oxygen atoms in total. The first-order valence-electron chi connectivity index (χ1n) is 6.78. The van der Waals surface area contributed by atoms with E-state index >= 15 is 0 Å². The van der Waals surface area contributed by atoms with Gasteiger partial charge in [0.1, 0.15) is 0 Å². The van der Waals surface area contributed by atoms with Crippen LogP contribution in [0.15, 0.2) is 29.2 Å². The quantitative estimate of drug-likeness (QED) is 0.531. The maximum Gasteiger partial charge on any atom is 0.0431 e. The maximum atomic E-state index is 8.69. The lowest BCUT2D eigenvalue weighted by Gasteiger charge is -2.08. The molecule has 0 fully saturated rings. The van der Waals surface area contributed by atoms with Gasteiger partial charge in [-0.3, -0.25) is 0 Å². The molecule has 0 heterocycles. The molecule has 2 N–H and O–H groups in total. The molecule has 0 atom stereocenters. The van der Waals surface area contributed by atoms with Crippen LogP contribution in [0.1, 0.15) is 38.7 Å². The molecular weight excluding hydrogens is 242 g/mol. The summed E-state index contributed by atoms with van der Waals surface area (Å²) in [7, 11) is 0. The van der Waals surface area contributed by atoms with E-state index in [-0.39, 0.29) is 0 Å². The monoisotopic (exact) mass is 267 g/mol. The summed E-state index contributed by atoms with van der Waals surface area (Å²) < 4.78 is 0. The first-order valence-corrected chi connectivity index (χ1v) is 7.77. The Morgan fingerprint density at radius 3 is 2.44 bits per heavy atom. The van der Waals surface area contributed by atoms with Crippen LogP contribution < -0.4 is 5.32 Å². The minimum absolute atomic E-state index is 0.322. The van der Waals surface area contributed by atoms with Crippen LogP contribution in [-0.4, -0.2) is 23.5 Å². The van der Waals surface area contributed by atoms with Crippen LogP contribution in [-0.2, 0) is 6.54 Å². The Morgan fingerprint density at radius 1 is 1.11 bits per heavy atom. The number of hydrogen-bond donors (Lipinski definition) is 2. The van der Waals surface area contributed by atoms with Gasteiger partial charge in [-0.15, -0.1) is 11.8 Å². The Balaban J connectivity index is 2.23. The molecule has 0 amide bonds. The molecule has 1 rings (SSSR count). The summed E-state index contributed by atoms with van der Waals surface area (Å²) in [5.41, 5.74) is 1.34. The van der Waals surface area contributed by atoms with E-state index in [4.69, 9.17) is 5.11 Å². The van der Waals surface area contributed by atoms with Crippen molar-refractivity contribution in [3.63, 3.8) is 0 Å². The van der Waals surface area contributed by atoms with Crippen molar-refractivity contribution in [2.24, 2.45) is 0 Å². The van der Waals surface area contributed by atoms with E-state index in [0.717, 1.165) is 25.1 Å². The van der Waals surface area contributed by atoms with Crippen molar-refractivity contribution in [1.82, 2.24) is 5.32 Å². The average molecular weight is 267 g/mol. The number of aliphatic hydroxyl groups is 1. The van der Waals surface area contributed by atoms with Crippen LogP contribution in [0.2, 0.25) is 0 Å². The normalized spacial score (nSPS) is 11.1. The van der Waals surface area contributed by atoms with Gasteiger partial charge in [-0.2, -0.15) is 0 Å². The first-order chi connectivity index (χ1) is 8.72. The lowest BCUT2D eigenvalue weighted by atomic mass is 10.2. The molecule has 0 bridgehead atoms. The minimum Gasteiger partial charge on any atom is -0.396 e. The molecule has 0 aliphatic rings. The highest BCUT2D eigenvalue weighted by molar-refractivity contribution is 7.99. The lowest BCUT2D eigenvalue weighted by molar-refractivity contribution is 0.284. The van der Waals surface area contributed by atoms with Crippen molar-refractivity contribution in [2.75, 3.05) is 12.4 Å². The van der Waals surface area contributed by atoms with Crippen LogP contribution in [0, 0.1) is 0 Å². The second kappa shape index (κ2) is 9.42. The van der Waals surface area contributed by atoms with Crippen molar-refractivity contribution >= 4 is 11.8 Å². The topological polar surface area (TPSA) is 32.3 Å². The Labute approximate surface area is 115 Å². The number of rotatable bonds is 9. The van der Waals surface area contributed by atoms with Crippen molar-refractivity contribution in [3.8, 4) is 0 Å². The third-order valence-corrected chi connectivity index (χ3v) is 3.81.